The van der Waals surface area contributed by atoms with Crippen LogP contribution in [0.15, 0.2) is 0 Å². The minimum atomic E-state index is -0.943. The Morgan fingerprint density at radius 1 is 1.47 bits per heavy atom. The number of rotatable bonds is 5. The fourth-order valence-corrected chi connectivity index (χ4v) is 2.19. The number of aliphatic hydroxyl groups excluding tert-OH is 2. The fraction of sp³-hybridized carbons (Fsp3) is 0.917. The number of aliphatic hydroxyl groups is 2. The minimum absolute atomic E-state index is 0.0805. The molecular weight excluding hydrogens is 220 g/mol. The van der Waals surface area contributed by atoms with Crippen molar-refractivity contribution in [2.24, 2.45) is 11.3 Å². The molecule has 1 unspecified atom stereocenters. The second-order valence-electron chi connectivity index (χ2n) is 5.57. The molecule has 1 aliphatic heterocycles. The summed E-state index contributed by atoms with van der Waals surface area (Å²) in [6.45, 7) is 6.66. The average molecular weight is 244 g/mol. The largest absolute Gasteiger partial charge is 0.394 e. The lowest BCUT2D eigenvalue weighted by atomic mass is 9.75. The Labute approximate surface area is 103 Å². The third-order valence-corrected chi connectivity index (χ3v) is 3.86. The summed E-state index contributed by atoms with van der Waals surface area (Å²) < 4.78 is 0. The molecule has 0 bridgehead atoms. The summed E-state index contributed by atoms with van der Waals surface area (Å²) in [6, 6.07) is 0. The molecular formula is C12H24N2O3. The van der Waals surface area contributed by atoms with E-state index in [4.69, 9.17) is 0 Å². The van der Waals surface area contributed by atoms with Gasteiger partial charge in [-0.05, 0) is 25.8 Å². The maximum Gasteiger partial charge on any atom is 0.228 e. The fourth-order valence-electron chi connectivity index (χ4n) is 2.19. The normalized spacial score (nSPS) is 25.3. The summed E-state index contributed by atoms with van der Waals surface area (Å²) >= 11 is 0. The predicted molar refractivity (Wildman–Crippen MR) is 65.5 cm³/mol. The summed E-state index contributed by atoms with van der Waals surface area (Å²) in [5.74, 6) is 0.141. The lowest BCUT2D eigenvalue weighted by Crippen LogP contribution is -2.57. The molecule has 0 aromatic carbocycles. The van der Waals surface area contributed by atoms with Crippen molar-refractivity contribution < 1.29 is 15.0 Å². The van der Waals surface area contributed by atoms with Gasteiger partial charge in [-0.25, -0.2) is 0 Å². The Kier molecular flexibility index (Phi) is 4.52. The molecule has 1 fully saturated rings. The Bertz CT molecular complexity index is 269. The van der Waals surface area contributed by atoms with Crippen molar-refractivity contribution in [1.82, 2.24) is 10.6 Å². The van der Waals surface area contributed by atoms with Crippen molar-refractivity contribution in [1.29, 1.82) is 0 Å². The molecule has 1 amide bonds. The minimum Gasteiger partial charge on any atom is -0.394 e. The Morgan fingerprint density at radius 2 is 2.06 bits per heavy atom. The number of hydrogen-bond acceptors (Lipinski definition) is 4. The third-order valence-electron chi connectivity index (χ3n) is 3.86. The average Bonchev–Trinajstić information content (AvgIpc) is 2.79. The first-order chi connectivity index (χ1) is 7.90. The van der Waals surface area contributed by atoms with Gasteiger partial charge in [0.15, 0.2) is 0 Å². The van der Waals surface area contributed by atoms with Crippen LogP contribution in [0.25, 0.3) is 0 Å². The van der Waals surface area contributed by atoms with Crippen LogP contribution in [0.5, 0.6) is 0 Å². The van der Waals surface area contributed by atoms with Crippen LogP contribution < -0.4 is 10.6 Å². The molecule has 0 saturated carbocycles. The molecule has 5 heteroatoms. The first kappa shape index (κ1) is 14.4. The molecule has 0 aliphatic carbocycles. The van der Waals surface area contributed by atoms with Gasteiger partial charge in [-0.3, -0.25) is 4.79 Å². The summed E-state index contributed by atoms with van der Waals surface area (Å²) in [5, 5.41) is 24.4. The van der Waals surface area contributed by atoms with Crippen molar-refractivity contribution >= 4 is 5.91 Å². The second-order valence-corrected chi connectivity index (χ2v) is 5.57. The molecule has 0 spiro atoms. The Balaban J connectivity index is 2.80. The highest BCUT2D eigenvalue weighted by Crippen LogP contribution is 2.34. The summed E-state index contributed by atoms with van der Waals surface area (Å²) in [4.78, 5) is 12.4. The zero-order valence-corrected chi connectivity index (χ0v) is 10.9. The van der Waals surface area contributed by atoms with Gasteiger partial charge in [-0.15, -0.1) is 0 Å². The van der Waals surface area contributed by atoms with Crippen LogP contribution in [-0.2, 0) is 4.79 Å². The number of amides is 1. The van der Waals surface area contributed by atoms with Gasteiger partial charge in [0.2, 0.25) is 5.91 Å². The molecule has 1 atom stereocenters. The molecule has 17 heavy (non-hydrogen) atoms. The molecule has 0 aromatic heterocycles. The quantitative estimate of drug-likeness (QED) is 0.524. The number of carbonyl (C=O) groups is 1. The lowest BCUT2D eigenvalue weighted by molar-refractivity contribution is -0.135. The van der Waals surface area contributed by atoms with Crippen molar-refractivity contribution in [2.75, 3.05) is 26.3 Å². The van der Waals surface area contributed by atoms with Crippen molar-refractivity contribution in [3.8, 4) is 0 Å². The number of nitrogens with one attached hydrogen (secondary N) is 2. The molecule has 5 nitrogen and oxygen atoms in total. The zero-order chi connectivity index (χ0) is 13.1. The third kappa shape index (κ3) is 2.78. The standard InChI is InChI=1S/C12H24N2O3/c1-9(2)12(4-5-13-6-12)10(17)14-11(3,7-15)8-16/h9,13,15-16H,4-8H2,1-3H3,(H,14,17). The smallest absolute Gasteiger partial charge is 0.228 e. The van der Waals surface area contributed by atoms with Crippen LogP contribution in [-0.4, -0.2) is 48.0 Å². The molecule has 0 radical (unpaired) electrons. The van der Waals surface area contributed by atoms with Crippen LogP contribution >= 0.6 is 0 Å². The van der Waals surface area contributed by atoms with E-state index in [2.05, 4.69) is 10.6 Å². The van der Waals surface area contributed by atoms with Crippen LogP contribution in [0.2, 0.25) is 0 Å². The van der Waals surface area contributed by atoms with Gasteiger partial charge in [-0.1, -0.05) is 13.8 Å². The van der Waals surface area contributed by atoms with Gasteiger partial charge in [0.1, 0.15) is 0 Å². The second kappa shape index (κ2) is 5.33. The molecule has 0 aromatic rings. The van der Waals surface area contributed by atoms with E-state index >= 15 is 0 Å². The maximum absolute atomic E-state index is 12.4. The molecule has 4 N–H and O–H groups in total. The topological polar surface area (TPSA) is 81.6 Å². The van der Waals surface area contributed by atoms with Crippen LogP contribution in [0, 0.1) is 11.3 Å². The first-order valence-electron chi connectivity index (χ1n) is 6.15. The summed E-state index contributed by atoms with van der Waals surface area (Å²) in [5.41, 5.74) is -1.37. The van der Waals surface area contributed by atoms with Crippen LogP contribution in [0.3, 0.4) is 0 Å². The van der Waals surface area contributed by atoms with E-state index in [1.165, 1.54) is 0 Å². The van der Waals surface area contributed by atoms with Gasteiger partial charge in [0, 0.05) is 6.54 Å². The van der Waals surface area contributed by atoms with Gasteiger partial charge < -0.3 is 20.8 Å². The van der Waals surface area contributed by atoms with E-state index in [1.54, 1.807) is 6.92 Å². The highest BCUT2D eigenvalue weighted by molar-refractivity contribution is 5.84. The maximum atomic E-state index is 12.4. The predicted octanol–water partition coefficient (Wildman–Crippen LogP) is -0.518. The van der Waals surface area contributed by atoms with Crippen molar-refractivity contribution in [2.45, 2.75) is 32.7 Å². The van der Waals surface area contributed by atoms with Crippen molar-refractivity contribution in [3.05, 3.63) is 0 Å². The van der Waals surface area contributed by atoms with Gasteiger partial charge in [0.25, 0.3) is 0 Å². The van der Waals surface area contributed by atoms with Gasteiger partial charge >= 0.3 is 0 Å². The molecule has 1 saturated heterocycles. The highest BCUT2D eigenvalue weighted by atomic mass is 16.3. The molecule has 1 heterocycles. The Hall–Kier alpha value is -0.650. The van der Waals surface area contributed by atoms with Crippen LogP contribution in [0.1, 0.15) is 27.2 Å². The van der Waals surface area contributed by atoms with E-state index in [-0.39, 0.29) is 25.0 Å². The van der Waals surface area contributed by atoms with E-state index in [0.717, 1.165) is 13.0 Å². The van der Waals surface area contributed by atoms with E-state index in [1.807, 2.05) is 13.8 Å². The Morgan fingerprint density at radius 3 is 2.41 bits per heavy atom. The number of carbonyl (C=O) groups excluding carboxylic acids is 1. The highest BCUT2D eigenvalue weighted by Gasteiger charge is 2.45. The van der Waals surface area contributed by atoms with Gasteiger partial charge in [0.05, 0.1) is 24.2 Å². The molecule has 1 rings (SSSR count). The van der Waals surface area contributed by atoms with Crippen LogP contribution in [0.4, 0.5) is 0 Å². The lowest BCUT2D eigenvalue weighted by Gasteiger charge is -2.36. The molecule has 1 aliphatic rings. The summed E-state index contributed by atoms with van der Waals surface area (Å²) in [6.07, 6.45) is 0.795. The van der Waals surface area contributed by atoms with Crippen molar-refractivity contribution in [3.63, 3.8) is 0 Å². The monoisotopic (exact) mass is 244 g/mol. The van der Waals surface area contributed by atoms with E-state index < -0.39 is 11.0 Å². The van der Waals surface area contributed by atoms with Gasteiger partial charge in [-0.2, -0.15) is 0 Å². The zero-order valence-electron chi connectivity index (χ0n) is 10.9. The van der Waals surface area contributed by atoms with E-state index in [9.17, 15) is 15.0 Å². The first-order valence-corrected chi connectivity index (χ1v) is 6.15. The number of hydrogen-bond donors (Lipinski definition) is 4. The van der Waals surface area contributed by atoms with E-state index in [0.29, 0.717) is 6.54 Å². The SMILES string of the molecule is CC(C)C1(C(=O)NC(C)(CO)CO)CCNC1. The molecule has 100 valence electrons. The summed E-state index contributed by atoms with van der Waals surface area (Å²) in [7, 11) is 0.